The molecule has 0 heterocycles. The minimum atomic E-state index is -0.824. The van der Waals surface area contributed by atoms with Crippen molar-refractivity contribution in [3.05, 3.63) is 29.8 Å². The number of primary amides is 1. The van der Waals surface area contributed by atoms with Gasteiger partial charge in [-0.05, 0) is 30.5 Å². The number of nitrogens with zero attached hydrogens (tertiary/aromatic N) is 1. The summed E-state index contributed by atoms with van der Waals surface area (Å²) < 4.78 is 26.7. The minimum Gasteiger partial charge on any atom is -0.381 e. The monoisotopic (exact) mass is 353 g/mol. The Balaban J connectivity index is 1.81. The summed E-state index contributed by atoms with van der Waals surface area (Å²) in [5, 5.41) is 2.68. The molecule has 3 N–H and O–H groups in total. The highest BCUT2D eigenvalue weighted by atomic mass is 19.1. The van der Waals surface area contributed by atoms with Crippen molar-refractivity contribution < 1.29 is 18.4 Å². The van der Waals surface area contributed by atoms with Crippen LogP contribution in [-0.4, -0.2) is 29.9 Å². The van der Waals surface area contributed by atoms with Crippen molar-refractivity contribution in [1.82, 2.24) is 4.90 Å². The first-order valence-electron chi connectivity index (χ1n) is 8.76. The molecule has 7 heteroatoms. The van der Waals surface area contributed by atoms with Crippen LogP contribution in [0.2, 0.25) is 0 Å². The molecule has 0 saturated heterocycles. The summed E-state index contributed by atoms with van der Waals surface area (Å²) in [4.78, 5) is 24.7. The van der Waals surface area contributed by atoms with E-state index >= 15 is 0 Å². The third-order valence-electron chi connectivity index (χ3n) is 4.64. The number of benzene rings is 1. The number of urea groups is 1. The van der Waals surface area contributed by atoms with E-state index in [-0.39, 0.29) is 31.1 Å². The Kier molecular flexibility index (Phi) is 7.16. The summed E-state index contributed by atoms with van der Waals surface area (Å²) in [5.74, 6) is -0.957. The molecular weight excluding hydrogens is 328 g/mol. The first kappa shape index (κ1) is 19.1. The van der Waals surface area contributed by atoms with E-state index in [0.29, 0.717) is 5.92 Å². The number of rotatable bonds is 7. The zero-order valence-corrected chi connectivity index (χ0v) is 14.3. The van der Waals surface area contributed by atoms with Crippen molar-refractivity contribution in [2.75, 3.05) is 18.4 Å². The number of anilines is 1. The smallest absolute Gasteiger partial charge is 0.321 e. The molecule has 1 aromatic rings. The standard InChI is InChI=1S/C18H25F2N3O2/c19-14-7-8-15(20)16(12-14)22-10-11-23(18(21)25)17(24)9-6-13-4-2-1-3-5-13/h7-8,12-13,22H,1-6,9-11H2,(H2,21,25). The Bertz CT molecular complexity index is 604. The van der Waals surface area contributed by atoms with E-state index in [0.717, 1.165) is 42.4 Å². The first-order chi connectivity index (χ1) is 12.0. The van der Waals surface area contributed by atoms with Gasteiger partial charge in [-0.2, -0.15) is 0 Å². The molecule has 0 atom stereocenters. The molecule has 0 spiro atoms. The zero-order chi connectivity index (χ0) is 18.2. The Morgan fingerprint density at radius 3 is 2.60 bits per heavy atom. The number of imide groups is 1. The van der Waals surface area contributed by atoms with Crippen molar-refractivity contribution in [2.24, 2.45) is 11.7 Å². The van der Waals surface area contributed by atoms with Crippen LogP contribution in [0.3, 0.4) is 0 Å². The molecule has 0 bridgehead atoms. The van der Waals surface area contributed by atoms with Gasteiger partial charge in [0.25, 0.3) is 0 Å². The highest BCUT2D eigenvalue weighted by molar-refractivity contribution is 5.93. The number of nitrogens with one attached hydrogen (secondary N) is 1. The van der Waals surface area contributed by atoms with Crippen LogP contribution in [0.4, 0.5) is 19.3 Å². The summed E-state index contributed by atoms with van der Waals surface area (Å²) in [6.07, 6.45) is 6.94. The number of carbonyl (C=O) groups is 2. The average Bonchev–Trinajstić information content (AvgIpc) is 2.60. The fraction of sp³-hybridized carbons (Fsp3) is 0.556. The van der Waals surface area contributed by atoms with E-state index < -0.39 is 17.7 Å². The van der Waals surface area contributed by atoms with Gasteiger partial charge in [-0.1, -0.05) is 32.1 Å². The topological polar surface area (TPSA) is 75.4 Å². The lowest BCUT2D eigenvalue weighted by Crippen LogP contribution is -2.43. The van der Waals surface area contributed by atoms with E-state index in [1.165, 1.54) is 19.3 Å². The number of nitrogens with two attached hydrogens (primary N) is 1. The van der Waals surface area contributed by atoms with E-state index in [4.69, 9.17) is 5.73 Å². The number of hydrogen-bond donors (Lipinski definition) is 2. The van der Waals surface area contributed by atoms with Crippen molar-refractivity contribution in [1.29, 1.82) is 0 Å². The molecule has 0 aromatic heterocycles. The van der Waals surface area contributed by atoms with Crippen LogP contribution in [0.1, 0.15) is 44.9 Å². The van der Waals surface area contributed by atoms with Gasteiger partial charge < -0.3 is 11.1 Å². The minimum absolute atomic E-state index is 0.00872. The van der Waals surface area contributed by atoms with Gasteiger partial charge >= 0.3 is 6.03 Å². The zero-order valence-electron chi connectivity index (χ0n) is 14.3. The Labute approximate surface area is 146 Å². The summed E-state index contributed by atoms with van der Waals surface area (Å²) in [6.45, 7) is 0.104. The van der Waals surface area contributed by atoms with Gasteiger partial charge in [0.15, 0.2) is 0 Å². The molecule has 5 nitrogen and oxygen atoms in total. The molecule has 138 valence electrons. The van der Waals surface area contributed by atoms with Gasteiger partial charge in [0, 0.05) is 19.5 Å². The molecule has 3 amide bonds. The molecular formula is C18H25F2N3O2. The normalized spacial score (nSPS) is 15.0. The SMILES string of the molecule is NC(=O)N(CCNc1cc(F)ccc1F)C(=O)CCC1CCCCC1. The average molecular weight is 353 g/mol. The fourth-order valence-corrected chi connectivity index (χ4v) is 3.23. The maximum Gasteiger partial charge on any atom is 0.321 e. The quantitative estimate of drug-likeness (QED) is 0.786. The first-order valence-corrected chi connectivity index (χ1v) is 8.76. The lowest BCUT2D eigenvalue weighted by atomic mass is 9.86. The van der Waals surface area contributed by atoms with E-state index in [1.54, 1.807) is 0 Å². The molecule has 0 aliphatic heterocycles. The van der Waals surface area contributed by atoms with Crippen molar-refractivity contribution >= 4 is 17.6 Å². The highest BCUT2D eigenvalue weighted by Crippen LogP contribution is 2.27. The Morgan fingerprint density at radius 1 is 1.20 bits per heavy atom. The van der Waals surface area contributed by atoms with E-state index in [1.807, 2.05) is 0 Å². The van der Waals surface area contributed by atoms with Crippen molar-refractivity contribution in [3.8, 4) is 0 Å². The van der Waals surface area contributed by atoms with E-state index in [9.17, 15) is 18.4 Å². The molecule has 1 aliphatic carbocycles. The van der Waals surface area contributed by atoms with Crippen molar-refractivity contribution in [3.63, 3.8) is 0 Å². The van der Waals surface area contributed by atoms with Crippen LogP contribution in [0.15, 0.2) is 18.2 Å². The lowest BCUT2D eigenvalue weighted by molar-refractivity contribution is -0.128. The van der Waals surface area contributed by atoms with Gasteiger partial charge in [-0.15, -0.1) is 0 Å². The van der Waals surface area contributed by atoms with Crippen LogP contribution in [0.25, 0.3) is 0 Å². The van der Waals surface area contributed by atoms with Crippen LogP contribution in [-0.2, 0) is 4.79 Å². The molecule has 2 rings (SSSR count). The fourth-order valence-electron chi connectivity index (χ4n) is 3.23. The summed E-state index contributed by atoms with van der Waals surface area (Å²) in [6, 6.07) is 2.23. The third kappa shape index (κ3) is 5.99. The van der Waals surface area contributed by atoms with Gasteiger partial charge in [0.2, 0.25) is 5.91 Å². The number of amides is 3. The van der Waals surface area contributed by atoms with E-state index in [2.05, 4.69) is 5.32 Å². The second-order valence-corrected chi connectivity index (χ2v) is 6.48. The molecule has 0 unspecified atom stereocenters. The molecule has 1 aliphatic rings. The Morgan fingerprint density at radius 2 is 1.92 bits per heavy atom. The molecule has 1 aromatic carbocycles. The van der Waals surface area contributed by atoms with Crippen molar-refractivity contribution in [2.45, 2.75) is 44.9 Å². The molecule has 1 fully saturated rings. The molecule has 0 radical (unpaired) electrons. The molecule has 25 heavy (non-hydrogen) atoms. The number of hydrogen-bond acceptors (Lipinski definition) is 3. The number of halogens is 2. The third-order valence-corrected chi connectivity index (χ3v) is 4.64. The van der Waals surface area contributed by atoms with Gasteiger partial charge in [0.05, 0.1) is 5.69 Å². The van der Waals surface area contributed by atoms with Crippen LogP contribution in [0.5, 0.6) is 0 Å². The summed E-state index contributed by atoms with van der Waals surface area (Å²) in [7, 11) is 0. The summed E-state index contributed by atoms with van der Waals surface area (Å²) >= 11 is 0. The highest BCUT2D eigenvalue weighted by Gasteiger charge is 2.21. The number of carbonyl (C=O) groups excluding carboxylic acids is 2. The maximum absolute atomic E-state index is 13.5. The molecule has 1 saturated carbocycles. The van der Waals surface area contributed by atoms with Gasteiger partial charge in [-0.3, -0.25) is 9.69 Å². The predicted molar refractivity (Wildman–Crippen MR) is 92.0 cm³/mol. The Hall–Kier alpha value is -2.18. The van der Waals surface area contributed by atoms with Crippen LogP contribution < -0.4 is 11.1 Å². The lowest BCUT2D eigenvalue weighted by Gasteiger charge is -2.23. The second kappa shape index (κ2) is 9.34. The summed E-state index contributed by atoms with van der Waals surface area (Å²) in [5.41, 5.74) is 5.27. The maximum atomic E-state index is 13.5. The second-order valence-electron chi connectivity index (χ2n) is 6.48. The van der Waals surface area contributed by atoms with Gasteiger partial charge in [0.1, 0.15) is 11.6 Å². The van der Waals surface area contributed by atoms with Crippen LogP contribution >= 0.6 is 0 Å². The predicted octanol–water partition coefficient (Wildman–Crippen LogP) is 3.64. The van der Waals surface area contributed by atoms with Gasteiger partial charge in [-0.25, -0.2) is 13.6 Å². The van der Waals surface area contributed by atoms with Crippen LogP contribution in [0, 0.1) is 17.6 Å². The largest absolute Gasteiger partial charge is 0.381 e.